The van der Waals surface area contributed by atoms with Crippen molar-refractivity contribution in [3.05, 3.63) is 35.7 Å². The molecule has 0 aliphatic heterocycles. The summed E-state index contributed by atoms with van der Waals surface area (Å²) in [6.07, 6.45) is 4.18. The monoisotopic (exact) mass is 243 g/mol. The fraction of sp³-hybridized carbons (Fsp3) is 0.429. The van der Waals surface area contributed by atoms with E-state index in [1.54, 1.807) is 0 Å². The maximum Gasteiger partial charge on any atom is 0.257 e. The Kier molecular flexibility index (Phi) is 2.67. The van der Waals surface area contributed by atoms with Crippen molar-refractivity contribution < 1.29 is 4.52 Å². The van der Waals surface area contributed by atoms with E-state index >= 15 is 0 Å². The molecule has 94 valence electrons. The van der Waals surface area contributed by atoms with Crippen molar-refractivity contribution in [1.29, 1.82) is 0 Å². The average Bonchev–Trinajstić information content (AvgIpc) is 2.98. The molecule has 1 saturated carbocycles. The molecule has 18 heavy (non-hydrogen) atoms. The van der Waals surface area contributed by atoms with E-state index in [-0.39, 0.29) is 5.54 Å². The van der Waals surface area contributed by atoms with Gasteiger partial charge < -0.3 is 10.3 Å². The van der Waals surface area contributed by atoms with Crippen LogP contribution in [0.15, 0.2) is 28.8 Å². The highest BCUT2D eigenvalue weighted by atomic mass is 16.5. The topological polar surface area (TPSA) is 64.9 Å². The SMILES string of the molecule is Cc1cccc(-c2nc(C3(N)CCCC3)no2)c1. The molecule has 3 rings (SSSR count). The Balaban J connectivity index is 1.94. The largest absolute Gasteiger partial charge is 0.334 e. The maximum atomic E-state index is 6.32. The first-order valence-electron chi connectivity index (χ1n) is 6.37. The van der Waals surface area contributed by atoms with Crippen LogP contribution in [-0.2, 0) is 5.54 Å². The second-order valence-electron chi connectivity index (χ2n) is 5.16. The summed E-state index contributed by atoms with van der Waals surface area (Å²) in [7, 11) is 0. The quantitative estimate of drug-likeness (QED) is 0.880. The van der Waals surface area contributed by atoms with Crippen LogP contribution in [0.4, 0.5) is 0 Å². The van der Waals surface area contributed by atoms with Gasteiger partial charge in [0.15, 0.2) is 5.82 Å². The summed E-state index contributed by atoms with van der Waals surface area (Å²) in [6.45, 7) is 2.04. The fourth-order valence-electron chi connectivity index (χ4n) is 2.55. The Morgan fingerprint density at radius 2 is 2.06 bits per heavy atom. The molecule has 1 aromatic heterocycles. The van der Waals surface area contributed by atoms with E-state index in [9.17, 15) is 0 Å². The van der Waals surface area contributed by atoms with Gasteiger partial charge in [0, 0.05) is 5.56 Å². The lowest BCUT2D eigenvalue weighted by Gasteiger charge is -2.17. The number of hydrogen-bond acceptors (Lipinski definition) is 4. The lowest BCUT2D eigenvalue weighted by atomic mass is 9.98. The van der Waals surface area contributed by atoms with E-state index < -0.39 is 0 Å². The van der Waals surface area contributed by atoms with Crippen LogP contribution in [0.1, 0.15) is 37.1 Å². The minimum Gasteiger partial charge on any atom is -0.334 e. The standard InChI is InChI=1S/C14H17N3O/c1-10-5-4-6-11(9-10)12-16-13(17-18-12)14(15)7-2-3-8-14/h4-6,9H,2-3,7-8,15H2,1H3. The van der Waals surface area contributed by atoms with Gasteiger partial charge in [0.2, 0.25) is 0 Å². The zero-order valence-corrected chi connectivity index (χ0v) is 10.5. The first-order chi connectivity index (χ1) is 8.67. The van der Waals surface area contributed by atoms with Crippen LogP contribution in [-0.4, -0.2) is 10.1 Å². The van der Waals surface area contributed by atoms with Gasteiger partial charge in [-0.1, -0.05) is 35.7 Å². The Morgan fingerprint density at radius 1 is 1.28 bits per heavy atom. The van der Waals surface area contributed by atoms with Crippen molar-refractivity contribution in [2.24, 2.45) is 5.73 Å². The minimum atomic E-state index is -0.383. The third-order valence-electron chi connectivity index (χ3n) is 3.63. The molecule has 0 spiro atoms. The number of nitrogens with two attached hydrogens (primary N) is 1. The molecule has 1 fully saturated rings. The number of hydrogen-bond donors (Lipinski definition) is 1. The summed E-state index contributed by atoms with van der Waals surface area (Å²) in [4.78, 5) is 4.47. The van der Waals surface area contributed by atoms with Gasteiger partial charge in [-0.2, -0.15) is 4.98 Å². The highest BCUT2D eigenvalue weighted by molar-refractivity contribution is 5.53. The Morgan fingerprint density at radius 3 is 2.78 bits per heavy atom. The zero-order valence-electron chi connectivity index (χ0n) is 10.5. The van der Waals surface area contributed by atoms with Gasteiger partial charge in [-0.05, 0) is 31.9 Å². The number of aryl methyl sites for hydroxylation is 1. The Labute approximate surface area is 106 Å². The summed E-state index contributed by atoms with van der Waals surface area (Å²) >= 11 is 0. The average molecular weight is 243 g/mol. The van der Waals surface area contributed by atoms with Crippen LogP contribution in [0, 0.1) is 6.92 Å². The van der Waals surface area contributed by atoms with E-state index in [0.717, 1.165) is 31.2 Å². The highest BCUT2D eigenvalue weighted by Crippen LogP contribution is 2.35. The van der Waals surface area contributed by atoms with Crippen molar-refractivity contribution in [3.8, 4) is 11.5 Å². The number of nitrogens with zero attached hydrogens (tertiary/aromatic N) is 2. The molecule has 4 nitrogen and oxygen atoms in total. The molecule has 0 radical (unpaired) electrons. The molecule has 1 aliphatic carbocycles. The van der Waals surface area contributed by atoms with Crippen LogP contribution in [0.2, 0.25) is 0 Å². The molecule has 4 heteroatoms. The van der Waals surface area contributed by atoms with Crippen LogP contribution < -0.4 is 5.73 Å². The van der Waals surface area contributed by atoms with Gasteiger partial charge in [-0.3, -0.25) is 0 Å². The van der Waals surface area contributed by atoms with E-state index in [1.165, 1.54) is 5.56 Å². The first-order valence-corrected chi connectivity index (χ1v) is 6.37. The number of rotatable bonds is 2. The first kappa shape index (κ1) is 11.4. The lowest BCUT2D eigenvalue weighted by molar-refractivity contribution is 0.372. The van der Waals surface area contributed by atoms with Crippen molar-refractivity contribution in [3.63, 3.8) is 0 Å². The second kappa shape index (κ2) is 4.21. The molecule has 2 aromatic rings. The third kappa shape index (κ3) is 1.93. The summed E-state index contributed by atoms with van der Waals surface area (Å²) in [6, 6.07) is 8.04. The zero-order chi connectivity index (χ0) is 12.6. The molecule has 0 saturated heterocycles. The predicted octanol–water partition coefficient (Wildman–Crippen LogP) is 2.77. The summed E-state index contributed by atoms with van der Waals surface area (Å²) in [5.74, 6) is 1.21. The fourth-order valence-corrected chi connectivity index (χ4v) is 2.55. The molecule has 0 atom stereocenters. The number of benzene rings is 1. The lowest BCUT2D eigenvalue weighted by Crippen LogP contribution is -2.34. The minimum absolute atomic E-state index is 0.383. The van der Waals surface area contributed by atoms with E-state index in [4.69, 9.17) is 10.3 Å². The van der Waals surface area contributed by atoms with Gasteiger partial charge in [0.25, 0.3) is 5.89 Å². The van der Waals surface area contributed by atoms with E-state index in [1.807, 2.05) is 31.2 Å². The highest BCUT2D eigenvalue weighted by Gasteiger charge is 2.36. The van der Waals surface area contributed by atoms with Crippen LogP contribution in [0.3, 0.4) is 0 Å². The normalized spacial score (nSPS) is 18.1. The number of aromatic nitrogens is 2. The summed E-state index contributed by atoms with van der Waals surface area (Å²) in [5.41, 5.74) is 8.06. The molecular formula is C14H17N3O. The Hall–Kier alpha value is -1.68. The van der Waals surface area contributed by atoms with Crippen LogP contribution in [0.5, 0.6) is 0 Å². The predicted molar refractivity (Wildman–Crippen MR) is 68.8 cm³/mol. The van der Waals surface area contributed by atoms with E-state index in [0.29, 0.717) is 11.7 Å². The van der Waals surface area contributed by atoms with Gasteiger partial charge in [-0.15, -0.1) is 0 Å². The third-order valence-corrected chi connectivity index (χ3v) is 3.63. The molecule has 1 heterocycles. The Bertz CT molecular complexity index is 556. The van der Waals surface area contributed by atoms with Crippen molar-refractivity contribution in [2.75, 3.05) is 0 Å². The molecule has 2 N–H and O–H groups in total. The molecule has 1 aliphatic rings. The van der Waals surface area contributed by atoms with Crippen LogP contribution in [0.25, 0.3) is 11.5 Å². The molecule has 0 bridgehead atoms. The second-order valence-corrected chi connectivity index (χ2v) is 5.16. The van der Waals surface area contributed by atoms with Crippen molar-refractivity contribution in [2.45, 2.75) is 38.1 Å². The molecule has 0 unspecified atom stereocenters. The van der Waals surface area contributed by atoms with Crippen LogP contribution >= 0.6 is 0 Å². The summed E-state index contributed by atoms with van der Waals surface area (Å²) < 4.78 is 5.34. The molecule has 1 aromatic carbocycles. The van der Waals surface area contributed by atoms with Gasteiger partial charge in [0.1, 0.15) is 0 Å². The van der Waals surface area contributed by atoms with Crippen molar-refractivity contribution >= 4 is 0 Å². The summed E-state index contributed by atoms with van der Waals surface area (Å²) in [5, 5.41) is 4.06. The van der Waals surface area contributed by atoms with Gasteiger partial charge in [0.05, 0.1) is 5.54 Å². The van der Waals surface area contributed by atoms with E-state index in [2.05, 4.69) is 10.1 Å². The van der Waals surface area contributed by atoms with Crippen molar-refractivity contribution in [1.82, 2.24) is 10.1 Å². The maximum absolute atomic E-state index is 6.32. The molecule has 0 amide bonds. The smallest absolute Gasteiger partial charge is 0.257 e. The molecular weight excluding hydrogens is 226 g/mol. The van der Waals surface area contributed by atoms with Gasteiger partial charge in [-0.25, -0.2) is 0 Å². The van der Waals surface area contributed by atoms with Gasteiger partial charge >= 0.3 is 0 Å².